The first-order valence-corrected chi connectivity index (χ1v) is 7.86. The highest BCUT2D eigenvalue weighted by Crippen LogP contribution is 2.29. The zero-order valence-corrected chi connectivity index (χ0v) is 12.6. The summed E-state index contributed by atoms with van der Waals surface area (Å²) in [7, 11) is 0. The summed E-state index contributed by atoms with van der Waals surface area (Å²) in [5, 5.41) is 5.90. The van der Waals surface area contributed by atoms with Gasteiger partial charge in [0.15, 0.2) is 5.13 Å². The molecule has 100 valence electrons. The van der Waals surface area contributed by atoms with Gasteiger partial charge in [0.25, 0.3) is 5.91 Å². The van der Waals surface area contributed by atoms with Crippen molar-refractivity contribution >= 4 is 45.3 Å². The minimum Gasteiger partial charge on any atom is -0.297 e. The van der Waals surface area contributed by atoms with E-state index in [0.29, 0.717) is 15.0 Å². The third-order valence-corrected chi connectivity index (χ3v) is 4.68. The molecule has 1 aromatic carbocycles. The van der Waals surface area contributed by atoms with E-state index in [1.807, 2.05) is 41.8 Å². The predicted molar refractivity (Wildman–Crippen MR) is 84.8 cm³/mol. The van der Waals surface area contributed by atoms with Crippen LogP contribution in [0.1, 0.15) is 9.67 Å². The molecule has 3 nitrogen and oxygen atoms in total. The number of halogens is 1. The lowest BCUT2D eigenvalue weighted by atomic mass is 10.2. The zero-order valence-electron chi connectivity index (χ0n) is 10.2. The molecular formula is C14H9ClN2OS2. The molecule has 20 heavy (non-hydrogen) atoms. The van der Waals surface area contributed by atoms with E-state index in [4.69, 9.17) is 11.6 Å². The molecule has 0 saturated heterocycles. The standard InChI is InChI=1S/C14H9ClN2OS2/c15-10-3-1-9(2-4-10)11-5-6-12(20-11)13(18)17-14-16-7-8-19-14/h1-8H,(H,16,17,18). The minimum atomic E-state index is -0.134. The molecule has 0 atom stereocenters. The molecule has 0 spiro atoms. The Labute approximate surface area is 128 Å². The number of rotatable bonds is 3. The van der Waals surface area contributed by atoms with E-state index >= 15 is 0 Å². The van der Waals surface area contributed by atoms with Gasteiger partial charge in [0.2, 0.25) is 0 Å². The normalized spacial score (nSPS) is 10.4. The van der Waals surface area contributed by atoms with Gasteiger partial charge < -0.3 is 0 Å². The molecule has 2 aromatic heterocycles. The van der Waals surface area contributed by atoms with Crippen LogP contribution in [0.25, 0.3) is 10.4 Å². The van der Waals surface area contributed by atoms with Crippen molar-refractivity contribution in [2.75, 3.05) is 5.32 Å². The summed E-state index contributed by atoms with van der Waals surface area (Å²) in [4.78, 5) is 17.8. The summed E-state index contributed by atoms with van der Waals surface area (Å²) in [6, 6.07) is 11.3. The SMILES string of the molecule is O=C(Nc1nccs1)c1ccc(-c2ccc(Cl)cc2)s1. The molecule has 0 saturated carbocycles. The van der Waals surface area contributed by atoms with Gasteiger partial charge in [-0.05, 0) is 29.8 Å². The van der Waals surface area contributed by atoms with Gasteiger partial charge in [-0.2, -0.15) is 0 Å². The molecule has 0 radical (unpaired) electrons. The van der Waals surface area contributed by atoms with Crippen LogP contribution in [0.3, 0.4) is 0 Å². The molecule has 2 heterocycles. The number of nitrogens with one attached hydrogen (secondary N) is 1. The first-order valence-electron chi connectivity index (χ1n) is 5.79. The van der Waals surface area contributed by atoms with Crippen molar-refractivity contribution in [3.63, 3.8) is 0 Å². The summed E-state index contributed by atoms with van der Waals surface area (Å²) < 4.78 is 0. The second kappa shape index (κ2) is 5.75. The molecule has 1 amide bonds. The Hall–Kier alpha value is -1.69. The van der Waals surface area contributed by atoms with Crippen molar-refractivity contribution in [1.82, 2.24) is 4.98 Å². The van der Waals surface area contributed by atoms with Crippen LogP contribution >= 0.6 is 34.3 Å². The summed E-state index contributed by atoms with van der Waals surface area (Å²) >= 11 is 8.71. The Balaban J connectivity index is 1.79. The third-order valence-electron chi connectivity index (χ3n) is 2.61. The molecular weight excluding hydrogens is 312 g/mol. The van der Waals surface area contributed by atoms with Gasteiger partial charge in [-0.3, -0.25) is 10.1 Å². The summed E-state index contributed by atoms with van der Waals surface area (Å²) in [6.45, 7) is 0. The Morgan fingerprint density at radius 2 is 1.95 bits per heavy atom. The fourth-order valence-electron chi connectivity index (χ4n) is 1.67. The number of anilines is 1. The second-order valence-electron chi connectivity index (χ2n) is 3.96. The molecule has 0 aliphatic carbocycles. The van der Waals surface area contributed by atoms with Crippen LogP contribution in [0.15, 0.2) is 48.0 Å². The fraction of sp³-hybridized carbons (Fsp3) is 0. The van der Waals surface area contributed by atoms with Crippen LogP contribution in [0.5, 0.6) is 0 Å². The highest BCUT2D eigenvalue weighted by Gasteiger charge is 2.11. The number of thiophene rings is 1. The van der Waals surface area contributed by atoms with Gasteiger partial charge in [-0.25, -0.2) is 4.98 Å². The van der Waals surface area contributed by atoms with Crippen molar-refractivity contribution in [1.29, 1.82) is 0 Å². The van der Waals surface area contributed by atoms with Gasteiger partial charge in [-0.1, -0.05) is 23.7 Å². The molecule has 3 aromatic rings. The molecule has 1 N–H and O–H groups in total. The first kappa shape index (κ1) is 13.3. The second-order valence-corrected chi connectivity index (χ2v) is 6.38. The van der Waals surface area contributed by atoms with Crippen LogP contribution in [0.4, 0.5) is 5.13 Å². The average molecular weight is 321 g/mol. The summed E-state index contributed by atoms with van der Waals surface area (Å²) in [5.74, 6) is -0.134. The van der Waals surface area contributed by atoms with E-state index in [2.05, 4.69) is 10.3 Å². The predicted octanol–water partition coefficient (Wildman–Crippen LogP) is 4.78. The number of benzene rings is 1. The average Bonchev–Trinajstić information content (AvgIpc) is 3.10. The number of thiazole rings is 1. The Bertz CT molecular complexity index is 720. The Morgan fingerprint density at radius 1 is 1.15 bits per heavy atom. The molecule has 0 aliphatic rings. The van der Waals surface area contributed by atoms with Crippen LogP contribution in [-0.2, 0) is 0 Å². The maximum Gasteiger partial charge on any atom is 0.267 e. The topological polar surface area (TPSA) is 42.0 Å². The first-order chi connectivity index (χ1) is 9.72. The molecule has 3 rings (SSSR count). The third kappa shape index (κ3) is 2.90. The minimum absolute atomic E-state index is 0.134. The molecule has 6 heteroatoms. The van der Waals surface area contributed by atoms with E-state index in [-0.39, 0.29) is 5.91 Å². The van der Waals surface area contributed by atoms with Crippen LogP contribution in [0, 0.1) is 0 Å². The summed E-state index contributed by atoms with van der Waals surface area (Å²) in [5.41, 5.74) is 1.05. The van der Waals surface area contributed by atoms with Gasteiger partial charge in [0.05, 0.1) is 4.88 Å². The van der Waals surface area contributed by atoms with E-state index < -0.39 is 0 Å². The van der Waals surface area contributed by atoms with Gasteiger partial charge in [0.1, 0.15) is 0 Å². The lowest BCUT2D eigenvalue weighted by molar-refractivity contribution is 0.103. The van der Waals surface area contributed by atoms with Crippen molar-refractivity contribution in [3.8, 4) is 10.4 Å². The molecule has 0 fully saturated rings. The number of carbonyl (C=O) groups excluding carboxylic acids is 1. The van der Waals surface area contributed by atoms with Gasteiger partial charge in [-0.15, -0.1) is 22.7 Å². The maximum absolute atomic E-state index is 12.1. The van der Waals surface area contributed by atoms with E-state index in [9.17, 15) is 4.79 Å². The lowest BCUT2D eigenvalue weighted by Crippen LogP contribution is -2.09. The van der Waals surface area contributed by atoms with Crippen molar-refractivity contribution in [3.05, 3.63) is 57.9 Å². The van der Waals surface area contributed by atoms with Gasteiger partial charge in [0, 0.05) is 21.5 Å². The number of aromatic nitrogens is 1. The van der Waals surface area contributed by atoms with Crippen LogP contribution < -0.4 is 5.32 Å². The van der Waals surface area contributed by atoms with E-state index in [1.165, 1.54) is 22.7 Å². The van der Waals surface area contributed by atoms with Crippen molar-refractivity contribution < 1.29 is 4.79 Å². The zero-order chi connectivity index (χ0) is 13.9. The van der Waals surface area contributed by atoms with Crippen molar-refractivity contribution in [2.24, 2.45) is 0 Å². The van der Waals surface area contributed by atoms with Crippen LogP contribution in [0.2, 0.25) is 5.02 Å². The number of carbonyl (C=O) groups is 1. The number of amides is 1. The van der Waals surface area contributed by atoms with Crippen LogP contribution in [-0.4, -0.2) is 10.9 Å². The smallest absolute Gasteiger partial charge is 0.267 e. The fourth-order valence-corrected chi connectivity index (χ4v) is 3.23. The highest BCUT2D eigenvalue weighted by atomic mass is 35.5. The highest BCUT2D eigenvalue weighted by molar-refractivity contribution is 7.17. The summed E-state index contributed by atoms with van der Waals surface area (Å²) in [6.07, 6.45) is 1.66. The quantitative estimate of drug-likeness (QED) is 0.754. The Kier molecular flexibility index (Phi) is 3.82. The number of hydrogen-bond acceptors (Lipinski definition) is 4. The number of hydrogen-bond donors (Lipinski definition) is 1. The lowest BCUT2D eigenvalue weighted by Gasteiger charge is -1.98. The van der Waals surface area contributed by atoms with E-state index in [1.54, 1.807) is 6.20 Å². The molecule has 0 aliphatic heterocycles. The van der Waals surface area contributed by atoms with E-state index in [0.717, 1.165) is 10.4 Å². The maximum atomic E-state index is 12.1. The molecule has 0 unspecified atom stereocenters. The Morgan fingerprint density at radius 3 is 2.65 bits per heavy atom. The number of nitrogens with zero attached hydrogens (tertiary/aromatic N) is 1. The molecule has 0 bridgehead atoms. The largest absolute Gasteiger partial charge is 0.297 e. The monoisotopic (exact) mass is 320 g/mol. The van der Waals surface area contributed by atoms with Gasteiger partial charge >= 0.3 is 0 Å². The van der Waals surface area contributed by atoms with Crippen molar-refractivity contribution in [2.45, 2.75) is 0 Å².